The van der Waals surface area contributed by atoms with E-state index in [0.29, 0.717) is 18.8 Å². The van der Waals surface area contributed by atoms with Gasteiger partial charge in [0.25, 0.3) is 5.89 Å². The number of aliphatic hydroxyl groups excluding tert-OH is 1. The second kappa shape index (κ2) is 5.57. The van der Waals surface area contributed by atoms with E-state index in [2.05, 4.69) is 10.1 Å². The van der Waals surface area contributed by atoms with Crippen LogP contribution in [0.5, 0.6) is 0 Å². The van der Waals surface area contributed by atoms with E-state index in [0.717, 1.165) is 0 Å². The number of hydrogen-bond donors (Lipinski definition) is 2. The van der Waals surface area contributed by atoms with Gasteiger partial charge < -0.3 is 20.1 Å². The van der Waals surface area contributed by atoms with Crippen LogP contribution in [0.15, 0.2) is 4.52 Å². The lowest BCUT2D eigenvalue weighted by Crippen LogP contribution is -2.21. The van der Waals surface area contributed by atoms with Gasteiger partial charge in [0.2, 0.25) is 5.82 Å². The Balaban J connectivity index is 2.86. The van der Waals surface area contributed by atoms with Gasteiger partial charge >= 0.3 is 0 Å². The molecule has 0 saturated carbocycles. The van der Waals surface area contributed by atoms with Crippen LogP contribution in [0.1, 0.15) is 51.1 Å². The fraction of sp³-hybridized carbons (Fsp3) is 0.818. The summed E-state index contributed by atoms with van der Waals surface area (Å²) in [5.74, 6) is 0.642. The molecule has 0 aliphatic rings. The van der Waals surface area contributed by atoms with Crippen molar-refractivity contribution >= 4 is 0 Å². The number of aromatic nitrogens is 2. The summed E-state index contributed by atoms with van der Waals surface area (Å²) in [5, 5.41) is 13.5. The van der Waals surface area contributed by atoms with Crippen molar-refractivity contribution in [1.29, 1.82) is 0 Å². The summed E-state index contributed by atoms with van der Waals surface area (Å²) < 4.78 is 10.4. The van der Waals surface area contributed by atoms with Crippen LogP contribution in [0.2, 0.25) is 0 Å². The van der Waals surface area contributed by atoms with Crippen molar-refractivity contribution in [3.63, 3.8) is 0 Å². The number of rotatable bonds is 5. The first kappa shape index (κ1) is 14.1. The van der Waals surface area contributed by atoms with Crippen molar-refractivity contribution in [1.82, 2.24) is 10.1 Å². The molecule has 98 valence electrons. The summed E-state index contributed by atoms with van der Waals surface area (Å²) in [7, 11) is 1.60. The smallest absolute Gasteiger partial charge is 0.255 e. The van der Waals surface area contributed by atoms with Crippen molar-refractivity contribution in [2.45, 2.75) is 39.4 Å². The SMILES string of the molecule is COC(c1noc([C@@H](O)CCN)n1)C(C)(C)C. The molecule has 0 aromatic carbocycles. The Morgan fingerprint density at radius 1 is 1.47 bits per heavy atom. The average molecular weight is 243 g/mol. The number of ether oxygens (including phenoxy) is 1. The highest BCUT2D eigenvalue weighted by molar-refractivity contribution is 4.97. The Bertz CT molecular complexity index is 346. The monoisotopic (exact) mass is 243 g/mol. The van der Waals surface area contributed by atoms with Gasteiger partial charge in [-0.3, -0.25) is 0 Å². The number of nitrogens with two attached hydrogens (primary N) is 1. The molecule has 0 aliphatic carbocycles. The molecule has 1 heterocycles. The molecule has 1 aromatic heterocycles. The third kappa shape index (κ3) is 3.49. The zero-order valence-electron chi connectivity index (χ0n) is 10.8. The molecule has 1 unspecified atom stereocenters. The first-order chi connectivity index (χ1) is 7.90. The lowest BCUT2D eigenvalue weighted by molar-refractivity contribution is 0.00718. The highest BCUT2D eigenvalue weighted by Crippen LogP contribution is 2.34. The Hall–Kier alpha value is -0.980. The van der Waals surface area contributed by atoms with Crippen molar-refractivity contribution in [3.8, 4) is 0 Å². The fourth-order valence-electron chi connectivity index (χ4n) is 1.62. The first-order valence-electron chi connectivity index (χ1n) is 5.64. The van der Waals surface area contributed by atoms with Crippen molar-refractivity contribution in [3.05, 3.63) is 11.7 Å². The molecule has 3 N–H and O–H groups in total. The lowest BCUT2D eigenvalue weighted by Gasteiger charge is -2.26. The molecule has 6 heteroatoms. The molecular formula is C11H21N3O3. The first-order valence-corrected chi connectivity index (χ1v) is 5.64. The van der Waals surface area contributed by atoms with Gasteiger partial charge in [0, 0.05) is 7.11 Å². The minimum absolute atomic E-state index is 0.144. The van der Waals surface area contributed by atoms with E-state index in [4.69, 9.17) is 15.0 Å². The number of aliphatic hydroxyl groups is 1. The Labute approximate surface area is 101 Å². The van der Waals surface area contributed by atoms with Gasteiger partial charge in [-0.2, -0.15) is 4.98 Å². The van der Waals surface area contributed by atoms with Crippen molar-refractivity contribution < 1.29 is 14.4 Å². The van der Waals surface area contributed by atoms with Gasteiger partial charge in [0.1, 0.15) is 12.2 Å². The predicted octanol–water partition coefficient (Wildman–Crippen LogP) is 1.19. The predicted molar refractivity (Wildman–Crippen MR) is 62.1 cm³/mol. The molecule has 0 amide bonds. The molecule has 0 radical (unpaired) electrons. The zero-order valence-corrected chi connectivity index (χ0v) is 10.8. The van der Waals surface area contributed by atoms with Crippen LogP contribution in [0.3, 0.4) is 0 Å². The van der Waals surface area contributed by atoms with Crippen LogP contribution in [-0.4, -0.2) is 28.9 Å². The fourth-order valence-corrected chi connectivity index (χ4v) is 1.62. The van der Waals surface area contributed by atoms with Crippen LogP contribution in [0.25, 0.3) is 0 Å². The summed E-state index contributed by atoms with van der Waals surface area (Å²) >= 11 is 0. The van der Waals surface area contributed by atoms with E-state index in [9.17, 15) is 5.11 Å². The maximum absolute atomic E-state index is 9.67. The minimum atomic E-state index is -0.807. The quantitative estimate of drug-likeness (QED) is 0.806. The lowest BCUT2D eigenvalue weighted by atomic mass is 9.88. The normalized spacial score (nSPS) is 15.9. The van der Waals surface area contributed by atoms with Gasteiger partial charge in [-0.15, -0.1) is 0 Å². The van der Waals surface area contributed by atoms with E-state index >= 15 is 0 Å². The highest BCUT2D eigenvalue weighted by Gasteiger charge is 2.31. The maximum Gasteiger partial charge on any atom is 0.255 e. The van der Waals surface area contributed by atoms with E-state index in [-0.39, 0.29) is 17.4 Å². The topological polar surface area (TPSA) is 94.4 Å². The summed E-state index contributed by atoms with van der Waals surface area (Å²) in [4.78, 5) is 4.16. The van der Waals surface area contributed by atoms with Crippen LogP contribution in [0, 0.1) is 5.41 Å². The summed E-state index contributed by atoms with van der Waals surface area (Å²) in [6, 6.07) is 0. The van der Waals surface area contributed by atoms with Crippen LogP contribution in [0.4, 0.5) is 0 Å². The second-order valence-corrected chi connectivity index (χ2v) is 5.07. The molecule has 0 aliphatic heterocycles. The number of hydrogen-bond acceptors (Lipinski definition) is 6. The van der Waals surface area contributed by atoms with Gasteiger partial charge in [-0.1, -0.05) is 25.9 Å². The highest BCUT2D eigenvalue weighted by atomic mass is 16.5. The summed E-state index contributed by atoms with van der Waals surface area (Å²) in [6.45, 7) is 6.43. The maximum atomic E-state index is 9.67. The molecule has 6 nitrogen and oxygen atoms in total. The number of methoxy groups -OCH3 is 1. The van der Waals surface area contributed by atoms with Crippen LogP contribution < -0.4 is 5.73 Å². The molecule has 1 rings (SSSR count). The zero-order chi connectivity index (χ0) is 13.1. The van der Waals surface area contributed by atoms with Crippen LogP contribution in [-0.2, 0) is 4.74 Å². The van der Waals surface area contributed by atoms with E-state index in [1.807, 2.05) is 20.8 Å². The average Bonchev–Trinajstić information content (AvgIpc) is 2.66. The third-order valence-corrected chi connectivity index (χ3v) is 2.44. The molecule has 1 aromatic rings. The van der Waals surface area contributed by atoms with E-state index in [1.165, 1.54) is 0 Å². The molecule has 0 bridgehead atoms. The van der Waals surface area contributed by atoms with Crippen molar-refractivity contribution in [2.24, 2.45) is 11.1 Å². The molecule has 0 spiro atoms. The Morgan fingerprint density at radius 2 is 2.12 bits per heavy atom. The Kier molecular flexibility index (Phi) is 4.62. The van der Waals surface area contributed by atoms with E-state index < -0.39 is 6.10 Å². The molecule has 17 heavy (non-hydrogen) atoms. The number of nitrogens with zero attached hydrogens (tertiary/aromatic N) is 2. The molecule has 0 saturated heterocycles. The molecule has 2 atom stereocenters. The summed E-state index contributed by atoms with van der Waals surface area (Å²) in [6.07, 6.45) is -0.682. The summed E-state index contributed by atoms with van der Waals surface area (Å²) in [5.41, 5.74) is 5.21. The van der Waals surface area contributed by atoms with E-state index in [1.54, 1.807) is 7.11 Å². The second-order valence-electron chi connectivity index (χ2n) is 5.07. The molecular weight excluding hydrogens is 222 g/mol. The minimum Gasteiger partial charge on any atom is -0.383 e. The molecule has 0 fully saturated rings. The van der Waals surface area contributed by atoms with Gasteiger partial charge in [-0.25, -0.2) is 0 Å². The van der Waals surface area contributed by atoms with Crippen molar-refractivity contribution in [2.75, 3.05) is 13.7 Å². The van der Waals surface area contributed by atoms with Gasteiger partial charge in [0.05, 0.1) is 0 Å². The Morgan fingerprint density at radius 3 is 2.59 bits per heavy atom. The van der Waals surface area contributed by atoms with Gasteiger partial charge in [0.15, 0.2) is 0 Å². The van der Waals surface area contributed by atoms with Crippen LogP contribution >= 0.6 is 0 Å². The van der Waals surface area contributed by atoms with Gasteiger partial charge in [-0.05, 0) is 18.4 Å². The standard InChI is InChI=1S/C11H21N3O3/c1-11(2,3)8(16-4)9-13-10(17-14-9)7(15)5-6-12/h7-8,15H,5-6,12H2,1-4H3/t7-,8?/m0/s1. The largest absolute Gasteiger partial charge is 0.383 e. The third-order valence-electron chi connectivity index (χ3n) is 2.44.